The van der Waals surface area contributed by atoms with E-state index in [0.717, 1.165) is 35.7 Å². The lowest BCUT2D eigenvalue weighted by Crippen LogP contribution is -2.05. The standard InChI is InChI=1S/C18H13ClF3N3/c19-13-4-6-14(7-5-13)25-17-15(8-9-23-17)16(24-25)11-2-1-3-12(10-11)18(20,21)22/h1-7,10,23H,8-9H2. The van der Waals surface area contributed by atoms with Gasteiger partial charge in [0, 0.05) is 22.7 Å². The molecule has 0 aliphatic carbocycles. The molecule has 0 saturated carbocycles. The van der Waals surface area contributed by atoms with E-state index < -0.39 is 11.7 Å². The molecule has 0 unspecified atom stereocenters. The van der Waals surface area contributed by atoms with Crippen molar-refractivity contribution in [2.45, 2.75) is 12.6 Å². The van der Waals surface area contributed by atoms with E-state index in [2.05, 4.69) is 10.4 Å². The van der Waals surface area contributed by atoms with E-state index in [0.29, 0.717) is 22.7 Å². The first-order valence-corrected chi connectivity index (χ1v) is 8.10. The molecule has 3 nitrogen and oxygen atoms in total. The van der Waals surface area contributed by atoms with Crippen LogP contribution in [0.25, 0.3) is 16.9 Å². The van der Waals surface area contributed by atoms with Gasteiger partial charge in [-0.2, -0.15) is 18.3 Å². The Morgan fingerprint density at radius 3 is 2.56 bits per heavy atom. The molecule has 0 saturated heterocycles. The van der Waals surface area contributed by atoms with Gasteiger partial charge in [0.1, 0.15) is 5.82 Å². The number of halogens is 4. The van der Waals surface area contributed by atoms with Crippen LogP contribution in [-0.4, -0.2) is 16.3 Å². The monoisotopic (exact) mass is 363 g/mol. The zero-order chi connectivity index (χ0) is 17.6. The van der Waals surface area contributed by atoms with Gasteiger partial charge in [-0.3, -0.25) is 0 Å². The molecule has 2 heterocycles. The van der Waals surface area contributed by atoms with Gasteiger partial charge in [0.05, 0.1) is 16.9 Å². The summed E-state index contributed by atoms with van der Waals surface area (Å²) >= 11 is 5.93. The maximum absolute atomic E-state index is 13.0. The van der Waals surface area contributed by atoms with Gasteiger partial charge in [-0.15, -0.1) is 0 Å². The molecule has 0 radical (unpaired) electrons. The number of nitrogens with one attached hydrogen (secondary N) is 1. The average Bonchev–Trinajstić information content (AvgIpc) is 3.17. The van der Waals surface area contributed by atoms with Crippen molar-refractivity contribution < 1.29 is 13.2 Å². The minimum absolute atomic E-state index is 0.461. The molecule has 0 spiro atoms. The Kier molecular flexibility index (Phi) is 3.72. The Labute approximate surface area is 147 Å². The normalized spacial score (nSPS) is 13.6. The van der Waals surface area contributed by atoms with Crippen molar-refractivity contribution in [1.82, 2.24) is 9.78 Å². The van der Waals surface area contributed by atoms with Crippen molar-refractivity contribution >= 4 is 17.4 Å². The van der Waals surface area contributed by atoms with Crippen molar-refractivity contribution in [1.29, 1.82) is 0 Å². The van der Waals surface area contributed by atoms with E-state index in [4.69, 9.17) is 11.6 Å². The van der Waals surface area contributed by atoms with E-state index in [-0.39, 0.29) is 0 Å². The Bertz CT molecular complexity index is 930. The van der Waals surface area contributed by atoms with Gasteiger partial charge in [-0.25, -0.2) is 4.68 Å². The number of hydrogen-bond acceptors (Lipinski definition) is 2. The average molecular weight is 364 g/mol. The molecule has 2 aromatic carbocycles. The minimum Gasteiger partial charge on any atom is -0.369 e. The summed E-state index contributed by atoms with van der Waals surface area (Å²) in [6.45, 7) is 0.729. The number of aromatic nitrogens is 2. The van der Waals surface area contributed by atoms with Gasteiger partial charge in [0.15, 0.2) is 0 Å². The fourth-order valence-electron chi connectivity index (χ4n) is 3.02. The number of rotatable bonds is 2. The largest absolute Gasteiger partial charge is 0.416 e. The molecule has 1 N–H and O–H groups in total. The van der Waals surface area contributed by atoms with Crippen LogP contribution in [0.1, 0.15) is 11.1 Å². The maximum Gasteiger partial charge on any atom is 0.416 e. The van der Waals surface area contributed by atoms with E-state index in [1.54, 1.807) is 22.9 Å². The summed E-state index contributed by atoms with van der Waals surface area (Å²) in [5, 5.41) is 8.44. The van der Waals surface area contributed by atoms with Crippen LogP contribution >= 0.6 is 11.6 Å². The molecule has 7 heteroatoms. The molecule has 25 heavy (non-hydrogen) atoms. The van der Waals surface area contributed by atoms with Crippen LogP contribution in [0.3, 0.4) is 0 Å². The van der Waals surface area contributed by atoms with Gasteiger partial charge in [-0.1, -0.05) is 23.7 Å². The van der Waals surface area contributed by atoms with Gasteiger partial charge in [0.25, 0.3) is 0 Å². The van der Waals surface area contributed by atoms with Crippen LogP contribution in [0, 0.1) is 0 Å². The van der Waals surface area contributed by atoms with Crippen LogP contribution in [0.5, 0.6) is 0 Å². The molecule has 128 valence electrons. The lowest BCUT2D eigenvalue weighted by molar-refractivity contribution is -0.137. The highest BCUT2D eigenvalue weighted by molar-refractivity contribution is 6.30. The Morgan fingerprint density at radius 2 is 1.84 bits per heavy atom. The number of fused-ring (bicyclic) bond motifs is 1. The summed E-state index contributed by atoms with van der Waals surface area (Å²) in [6, 6.07) is 12.4. The number of hydrogen-bond donors (Lipinski definition) is 1. The Hall–Kier alpha value is -2.47. The van der Waals surface area contributed by atoms with Crippen LogP contribution in [0.15, 0.2) is 48.5 Å². The summed E-state index contributed by atoms with van der Waals surface area (Å²) in [4.78, 5) is 0. The SMILES string of the molecule is FC(F)(F)c1cccc(-c2nn(-c3ccc(Cl)cc3)c3c2CCN3)c1. The molecule has 0 amide bonds. The summed E-state index contributed by atoms with van der Waals surface area (Å²) in [5.41, 5.74) is 2.08. The molecule has 1 aliphatic heterocycles. The quantitative estimate of drug-likeness (QED) is 0.680. The molecule has 0 atom stereocenters. The summed E-state index contributed by atoms with van der Waals surface area (Å²) < 4.78 is 40.8. The molecule has 0 bridgehead atoms. The van der Waals surface area contributed by atoms with Crippen LogP contribution in [0.2, 0.25) is 5.02 Å². The predicted octanol–water partition coefficient (Wildman–Crippen LogP) is 5.18. The number of alkyl halides is 3. The summed E-state index contributed by atoms with van der Waals surface area (Å²) in [6.07, 6.45) is -3.66. The summed E-state index contributed by atoms with van der Waals surface area (Å²) in [5.74, 6) is 0.815. The highest BCUT2D eigenvalue weighted by Crippen LogP contribution is 2.37. The Morgan fingerprint density at radius 1 is 1.08 bits per heavy atom. The van der Waals surface area contributed by atoms with Crippen LogP contribution in [-0.2, 0) is 12.6 Å². The smallest absolute Gasteiger partial charge is 0.369 e. The zero-order valence-corrected chi connectivity index (χ0v) is 13.7. The van der Waals surface area contributed by atoms with Gasteiger partial charge < -0.3 is 5.32 Å². The van der Waals surface area contributed by atoms with Gasteiger partial charge >= 0.3 is 6.18 Å². The van der Waals surface area contributed by atoms with Crippen molar-refractivity contribution in [2.24, 2.45) is 0 Å². The lowest BCUT2D eigenvalue weighted by Gasteiger charge is -2.08. The molecular weight excluding hydrogens is 351 g/mol. The molecule has 0 fully saturated rings. The fourth-order valence-corrected chi connectivity index (χ4v) is 3.14. The minimum atomic E-state index is -4.38. The number of benzene rings is 2. The molecule has 3 aromatic rings. The van der Waals surface area contributed by atoms with Crippen molar-refractivity contribution in [3.8, 4) is 16.9 Å². The first-order chi connectivity index (χ1) is 11.9. The zero-order valence-electron chi connectivity index (χ0n) is 12.9. The first kappa shape index (κ1) is 16.0. The van der Waals surface area contributed by atoms with E-state index in [1.165, 1.54) is 6.07 Å². The Balaban J connectivity index is 1.85. The van der Waals surface area contributed by atoms with Gasteiger partial charge in [0.2, 0.25) is 0 Å². The predicted molar refractivity (Wildman–Crippen MR) is 91.2 cm³/mol. The third-order valence-corrected chi connectivity index (χ3v) is 4.44. The topological polar surface area (TPSA) is 29.9 Å². The van der Waals surface area contributed by atoms with Crippen molar-refractivity contribution in [3.63, 3.8) is 0 Å². The third-order valence-electron chi connectivity index (χ3n) is 4.19. The highest BCUT2D eigenvalue weighted by Gasteiger charge is 2.31. The van der Waals surface area contributed by atoms with Crippen molar-refractivity contribution in [2.75, 3.05) is 11.9 Å². The van der Waals surface area contributed by atoms with Crippen LogP contribution in [0.4, 0.5) is 19.0 Å². The maximum atomic E-state index is 13.0. The fraction of sp³-hybridized carbons (Fsp3) is 0.167. The third kappa shape index (κ3) is 2.87. The second-order valence-electron chi connectivity index (χ2n) is 5.82. The molecule has 4 rings (SSSR count). The van der Waals surface area contributed by atoms with E-state index in [9.17, 15) is 13.2 Å². The van der Waals surface area contributed by atoms with Crippen molar-refractivity contribution in [3.05, 3.63) is 64.7 Å². The second-order valence-corrected chi connectivity index (χ2v) is 6.26. The number of nitrogens with zero attached hydrogens (tertiary/aromatic N) is 2. The molecule has 1 aromatic heterocycles. The number of anilines is 1. The lowest BCUT2D eigenvalue weighted by atomic mass is 10.0. The highest BCUT2D eigenvalue weighted by atomic mass is 35.5. The second kappa shape index (κ2) is 5.81. The van der Waals surface area contributed by atoms with Crippen LogP contribution < -0.4 is 5.32 Å². The molecular formula is C18H13ClF3N3. The first-order valence-electron chi connectivity index (χ1n) is 7.73. The van der Waals surface area contributed by atoms with E-state index in [1.807, 2.05) is 12.1 Å². The van der Waals surface area contributed by atoms with Gasteiger partial charge in [-0.05, 0) is 42.8 Å². The summed E-state index contributed by atoms with van der Waals surface area (Å²) in [7, 11) is 0. The molecule has 1 aliphatic rings. The van der Waals surface area contributed by atoms with E-state index >= 15 is 0 Å².